The lowest BCUT2D eigenvalue weighted by Crippen LogP contribution is -2.43. The smallest absolute Gasteiger partial charge is 0.409 e. The predicted molar refractivity (Wildman–Crippen MR) is 118 cm³/mol. The summed E-state index contributed by atoms with van der Waals surface area (Å²) in [5.74, 6) is -1.89. The minimum atomic E-state index is -3.17. The molecule has 3 atom stereocenters. The summed E-state index contributed by atoms with van der Waals surface area (Å²) in [5, 5.41) is 2.30. The van der Waals surface area contributed by atoms with Crippen LogP contribution in [0.1, 0.15) is 17.4 Å². The molecule has 1 saturated heterocycles. The first kappa shape index (κ1) is 24.0. The van der Waals surface area contributed by atoms with E-state index < -0.39 is 39.2 Å². The maximum absolute atomic E-state index is 13.6. The first-order chi connectivity index (χ1) is 16.0. The van der Waals surface area contributed by atoms with Crippen LogP contribution in [0.4, 0.5) is 23.7 Å². The van der Waals surface area contributed by atoms with E-state index in [9.17, 15) is 27.0 Å². The largest absolute Gasteiger partial charge is 0.489 e. The summed E-state index contributed by atoms with van der Waals surface area (Å²) >= 11 is 0. The van der Waals surface area contributed by atoms with Crippen molar-refractivity contribution >= 4 is 33.3 Å². The molecule has 1 aromatic heterocycles. The molecule has 0 saturated carbocycles. The van der Waals surface area contributed by atoms with Gasteiger partial charge in [-0.05, 0) is 12.8 Å². The van der Waals surface area contributed by atoms with Gasteiger partial charge in [0, 0.05) is 56.1 Å². The molecule has 3 heterocycles. The minimum absolute atomic E-state index is 0.0106. The topological polar surface area (TPSA) is 102 Å². The summed E-state index contributed by atoms with van der Waals surface area (Å²) in [4.78, 5) is 26.7. The van der Waals surface area contributed by atoms with Crippen molar-refractivity contribution in [2.24, 2.45) is 13.0 Å². The molecule has 2 aliphatic rings. The molecule has 184 valence electrons. The molecule has 2 N–H and O–H groups in total. The van der Waals surface area contributed by atoms with Gasteiger partial charge in [-0.1, -0.05) is 0 Å². The third-order valence-electron chi connectivity index (χ3n) is 5.66. The number of carbonyl (C=O) groups excluding carboxylic acids is 2. The van der Waals surface area contributed by atoms with Crippen molar-refractivity contribution in [3.05, 3.63) is 41.5 Å². The van der Waals surface area contributed by atoms with Crippen LogP contribution in [0.5, 0.6) is 5.75 Å². The number of aryl methyl sites for hydroxylation is 1. The summed E-state index contributed by atoms with van der Waals surface area (Å²) in [6, 6.07) is 0.900. The third kappa shape index (κ3) is 4.32. The number of nitrogens with one attached hydrogen (secondary N) is 2. The van der Waals surface area contributed by atoms with Crippen LogP contribution in [0, 0.1) is 23.4 Å². The second-order valence-electron chi connectivity index (χ2n) is 8.06. The van der Waals surface area contributed by atoms with E-state index in [-0.39, 0.29) is 60.3 Å². The van der Waals surface area contributed by atoms with Crippen molar-refractivity contribution in [3.63, 3.8) is 0 Å². The molecule has 1 aromatic carbocycles. The normalized spacial score (nSPS) is 23.9. The lowest BCUT2D eigenvalue weighted by atomic mass is 10.1. The highest BCUT2D eigenvalue weighted by Crippen LogP contribution is 2.35. The molecule has 2 aromatic rings. The number of aromatic nitrogens is 1. The Morgan fingerprint density at radius 1 is 1.29 bits per heavy atom. The fraction of sp³-hybridized carbons (Fsp3) is 0.381. The highest BCUT2D eigenvalue weighted by Gasteiger charge is 2.41. The first-order valence-corrected chi connectivity index (χ1v) is 12.1. The molecular weight excluding hydrogens is 477 g/mol. The summed E-state index contributed by atoms with van der Waals surface area (Å²) in [7, 11) is -1.66. The predicted octanol–water partition coefficient (Wildman–Crippen LogP) is 2.12. The molecule has 0 spiro atoms. The average Bonchev–Trinajstić information content (AvgIpc) is 3.30. The molecule has 3 unspecified atom stereocenters. The molecule has 4 rings (SSSR count). The number of benzene rings is 1. The fourth-order valence-corrected chi connectivity index (χ4v) is 5.73. The maximum atomic E-state index is 13.6. The van der Waals surface area contributed by atoms with Gasteiger partial charge in [0.2, 0.25) is 0 Å². The molecule has 2 aliphatic heterocycles. The fourth-order valence-electron chi connectivity index (χ4n) is 4.07. The maximum Gasteiger partial charge on any atom is 0.409 e. The Bertz CT molecular complexity index is 1240. The number of carbonyl (C=O) groups is 2. The van der Waals surface area contributed by atoms with E-state index in [0.29, 0.717) is 12.1 Å². The van der Waals surface area contributed by atoms with Gasteiger partial charge in [-0.2, -0.15) is 0 Å². The van der Waals surface area contributed by atoms with Crippen molar-refractivity contribution in [2.75, 3.05) is 31.6 Å². The van der Waals surface area contributed by atoms with Gasteiger partial charge in [-0.25, -0.2) is 26.9 Å². The monoisotopic (exact) mass is 500 g/mol. The first-order valence-electron chi connectivity index (χ1n) is 10.4. The zero-order valence-electron chi connectivity index (χ0n) is 18.4. The molecule has 0 aliphatic carbocycles. The van der Waals surface area contributed by atoms with Crippen LogP contribution < -0.4 is 14.8 Å². The zero-order valence-corrected chi connectivity index (χ0v) is 19.2. The number of likely N-dealkylation sites (tertiary alicyclic amines) is 1. The van der Waals surface area contributed by atoms with Gasteiger partial charge in [0.25, 0.3) is 5.91 Å². The molecule has 13 heteroatoms. The number of amides is 2. The van der Waals surface area contributed by atoms with Crippen molar-refractivity contribution in [2.45, 2.75) is 17.9 Å². The van der Waals surface area contributed by atoms with Gasteiger partial charge in [0.15, 0.2) is 28.9 Å². The van der Waals surface area contributed by atoms with E-state index in [4.69, 9.17) is 9.47 Å². The van der Waals surface area contributed by atoms with Gasteiger partial charge >= 0.3 is 6.09 Å². The van der Waals surface area contributed by atoms with Crippen LogP contribution in [-0.4, -0.2) is 63.9 Å². The van der Waals surface area contributed by atoms with Gasteiger partial charge in [0.1, 0.15) is 4.90 Å². The number of hydrogen-bond donors (Lipinski definition) is 2. The van der Waals surface area contributed by atoms with Crippen LogP contribution in [0.3, 0.4) is 0 Å². The lowest BCUT2D eigenvalue weighted by molar-refractivity contribution is 0.101. The molecular formula is C21H23F3N4O5S. The molecule has 1 fully saturated rings. The highest BCUT2D eigenvalue weighted by molar-refractivity contribution is 7.98. The molecule has 34 heavy (non-hydrogen) atoms. The average molecular weight is 500 g/mol. The number of nitrogens with zero attached hydrogens (tertiary/aromatic N) is 2. The Labute approximate surface area is 193 Å². The quantitative estimate of drug-likeness (QED) is 0.497. The van der Waals surface area contributed by atoms with E-state index >= 15 is 0 Å². The Morgan fingerprint density at radius 3 is 2.62 bits per heavy atom. The van der Waals surface area contributed by atoms with E-state index in [2.05, 4.69) is 15.9 Å². The second-order valence-corrected chi connectivity index (χ2v) is 10.1. The van der Waals surface area contributed by atoms with Crippen molar-refractivity contribution in [3.8, 4) is 5.75 Å². The summed E-state index contributed by atoms with van der Waals surface area (Å²) in [6.07, 6.45) is 0.917. The second kappa shape index (κ2) is 8.87. The van der Waals surface area contributed by atoms with Crippen molar-refractivity contribution in [1.29, 1.82) is 0 Å². The molecule has 2 amide bonds. The van der Waals surface area contributed by atoms with Crippen LogP contribution in [0.25, 0.3) is 0 Å². The summed E-state index contributed by atoms with van der Waals surface area (Å²) in [5.41, 5.74) is -0.381. The third-order valence-corrected chi connectivity index (χ3v) is 7.35. The molecule has 0 radical (unpaired) electrons. The van der Waals surface area contributed by atoms with Crippen molar-refractivity contribution in [1.82, 2.24) is 14.2 Å². The van der Waals surface area contributed by atoms with Crippen LogP contribution >= 0.6 is 0 Å². The van der Waals surface area contributed by atoms with Crippen molar-refractivity contribution < 1.29 is 36.4 Å². The Balaban J connectivity index is 1.63. The lowest BCUT2D eigenvalue weighted by Gasteiger charge is -2.26. The standard InChI is InChI=1S/C21H23F3N4O5S/c1-4-32-21(30)28-7-11-10-33-19-16(34(3,31)26-15(11)8-28)9-27(2)18(19)20(29)25-12-5-13(22)17(24)14(23)6-12/h5-6,9,11,15H,3-4,7-8,10H2,1-2H3,(H,25,29)(H,26,31). The van der Waals surface area contributed by atoms with Gasteiger partial charge in [-0.3, -0.25) is 4.79 Å². The van der Waals surface area contributed by atoms with E-state index in [1.807, 2.05) is 0 Å². The molecule has 9 nitrogen and oxygen atoms in total. The van der Waals surface area contributed by atoms with Crippen LogP contribution in [-0.2, 0) is 21.5 Å². The summed E-state index contributed by atoms with van der Waals surface area (Å²) in [6.45, 7) is 2.52. The number of ether oxygens (including phenoxy) is 2. The van der Waals surface area contributed by atoms with Crippen LogP contribution in [0.2, 0.25) is 0 Å². The van der Waals surface area contributed by atoms with Crippen LogP contribution in [0.15, 0.2) is 23.2 Å². The van der Waals surface area contributed by atoms with E-state index in [0.717, 1.165) is 0 Å². The van der Waals surface area contributed by atoms with Gasteiger partial charge in [-0.15, -0.1) is 0 Å². The number of anilines is 1. The Kier molecular flexibility index (Phi) is 6.25. The van der Waals surface area contributed by atoms with Gasteiger partial charge < -0.3 is 24.3 Å². The minimum Gasteiger partial charge on any atom is -0.489 e. The van der Waals surface area contributed by atoms with E-state index in [1.54, 1.807) is 6.92 Å². The Morgan fingerprint density at radius 2 is 1.97 bits per heavy atom. The summed E-state index contributed by atoms with van der Waals surface area (Å²) < 4.78 is 69.2. The number of fused-ring (bicyclic) bond motifs is 2. The number of halogens is 3. The van der Waals surface area contributed by atoms with Gasteiger partial charge in [0.05, 0.1) is 22.9 Å². The number of hydrogen-bond acceptors (Lipinski definition) is 5. The SMILES string of the molecule is C=S1(=O)NC2CN(C(=O)OCC)CC2COc2c1cn(C)c2C(=O)Nc1cc(F)c(F)c(F)c1. The zero-order chi connectivity index (χ0) is 24.8. The van der Waals surface area contributed by atoms with E-state index in [1.165, 1.54) is 22.7 Å². The number of rotatable bonds is 3. The molecule has 0 bridgehead atoms. The highest BCUT2D eigenvalue weighted by atomic mass is 32.2. The Hall–Kier alpha value is -3.19.